The summed E-state index contributed by atoms with van der Waals surface area (Å²) in [6.07, 6.45) is 2.75. The van der Waals surface area contributed by atoms with Crippen LogP contribution in [0, 0.1) is 5.82 Å². The number of amides is 1. The Labute approximate surface area is 170 Å². The maximum absolute atomic E-state index is 13.0. The number of halogens is 1. The molecule has 1 amide bonds. The van der Waals surface area contributed by atoms with Crippen molar-refractivity contribution in [1.29, 1.82) is 0 Å². The molecule has 1 aromatic carbocycles. The second-order valence-corrected chi connectivity index (χ2v) is 6.81. The van der Waals surface area contributed by atoms with Gasteiger partial charge in [0.1, 0.15) is 17.3 Å². The van der Waals surface area contributed by atoms with Crippen molar-refractivity contribution in [1.82, 2.24) is 15.0 Å². The number of nitrogens with one attached hydrogen (secondary N) is 1. The number of anilines is 1. The van der Waals surface area contributed by atoms with Crippen molar-refractivity contribution in [3.8, 4) is 28.4 Å². The third-order valence-electron chi connectivity index (χ3n) is 4.13. The average Bonchev–Trinajstić information content (AvgIpc) is 3.22. The van der Waals surface area contributed by atoms with Gasteiger partial charge >= 0.3 is 0 Å². The highest BCUT2D eigenvalue weighted by Gasteiger charge is 2.18. The number of rotatable bonds is 5. The standard InChI is InChI=1S/C21H15FN4O2S/c1-28-18-7-3-2-5-14(18)19-15(6-4-10-23-19)20(27)26-21-25-17(12-29-21)16-9-8-13(22)11-24-16/h2-12H,1H3,(H,25,26,27). The van der Waals surface area contributed by atoms with E-state index in [0.717, 1.165) is 11.8 Å². The van der Waals surface area contributed by atoms with Gasteiger partial charge in [0.2, 0.25) is 0 Å². The minimum atomic E-state index is -0.419. The zero-order valence-electron chi connectivity index (χ0n) is 15.3. The Morgan fingerprint density at radius 1 is 1.07 bits per heavy atom. The van der Waals surface area contributed by atoms with Crippen LogP contribution in [0.3, 0.4) is 0 Å². The van der Waals surface area contributed by atoms with E-state index in [1.165, 1.54) is 23.5 Å². The lowest BCUT2D eigenvalue weighted by Gasteiger charge is -2.11. The van der Waals surface area contributed by atoms with Crippen molar-refractivity contribution in [2.45, 2.75) is 0 Å². The largest absolute Gasteiger partial charge is 0.496 e. The highest BCUT2D eigenvalue weighted by molar-refractivity contribution is 7.14. The van der Waals surface area contributed by atoms with Gasteiger partial charge < -0.3 is 4.74 Å². The third-order valence-corrected chi connectivity index (χ3v) is 4.89. The number of aromatic nitrogens is 3. The van der Waals surface area contributed by atoms with E-state index in [1.54, 1.807) is 30.8 Å². The molecular formula is C21H15FN4O2S. The molecule has 1 N–H and O–H groups in total. The van der Waals surface area contributed by atoms with Crippen LogP contribution in [0.5, 0.6) is 5.75 Å². The number of hydrogen-bond donors (Lipinski definition) is 1. The van der Waals surface area contributed by atoms with E-state index in [-0.39, 0.29) is 5.91 Å². The van der Waals surface area contributed by atoms with Crippen LogP contribution in [0.15, 0.2) is 66.3 Å². The number of para-hydroxylation sites is 1. The summed E-state index contributed by atoms with van der Waals surface area (Å²) in [7, 11) is 1.57. The van der Waals surface area contributed by atoms with Gasteiger partial charge in [-0.25, -0.2) is 9.37 Å². The van der Waals surface area contributed by atoms with Crippen molar-refractivity contribution in [2.24, 2.45) is 0 Å². The number of thiazole rings is 1. The summed E-state index contributed by atoms with van der Waals surface area (Å²) in [4.78, 5) is 25.7. The Balaban J connectivity index is 1.61. The molecule has 0 aliphatic rings. The fourth-order valence-electron chi connectivity index (χ4n) is 2.78. The molecule has 0 spiro atoms. The molecule has 4 aromatic rings. The highest BCUT2D eigenvalue weighted by Crippen LogP contribution is 2.31. The topological polar surface area (TPSA) is 77.0 Å². The van der Waals surface area contributed by atoms with Crippen LogP contribution < -0.4 is 10.1 Å². The molecule has 3 heterocycles. The summed E-state index contributed by atoms with van der Waals surface area (Å²) in [6.45, 7) is 0. The van der Waals surface area contributed by atoms with E-state index in [1.807, 2.05) is 24.3 Å². The molecule has 3 aromatic heterocycles. The molecule has 0 fully saturated rings. The van der Waals surface area contributed by atoms with Crippen LogP contribution in [0.2, 0.25) is 0 Å². The molecule has 0 atom stereocenters. The van der Waals surface area contributed by atoms with Gasteiger partial charge in [0.15, 0.2) is 5.13 Å². The maximum Gasteiger partial charge on any atom is 0.259 e. The number of benzene rings is 1. The number of methoxy groups -OCH3 is 1. The molecule has 4 rings (SSSR count). The molecule has 8 heteroatoms. The number of carbonyl (C=O) groups is 1. The number of pyridine rings is 2. The van der Waals surface area contributed by atoms with Gasteiger partial charge in [-0.15, -0.1) is 11.3 Å². The van der Waals surface area contributed by atoms with Gasteiger partial charge in [-0.05, 0) is 36.4 Å². The lowest BCUT2D eigenvalue weighted by molar-refractivity contribution is 0.102. The van der Waals surface area contributed by atoms with Crippen LogP contribution >= 0.6 is 11.3 Å². The molecule has 0 bridgehead atoms. The normalized spacial score (nSPS) is 10.6. The summed E-state index contributed by atoms with van der Waals surface area (Å²) < 4.78 is 18.4. The Bertz CT molecular complexity index is 1160. The molecular weight excluding hydrogens is 391 g/mol. The first-order valence-electron chi connectivity index (χ1n) is 8.63. The molecule has 0 saturated carbocycles. The van der Waals surface area contributed by atoms with Crippen LogP contribution in [0.4, 0.5) is 9.52 Å². The van der Waals surface area contributed by atoms with E-state index < -0.39 is 5.82 Å². The summed E-state index contributed by atoms with van der Waals surface area (Å²) in [5.41, 5.74) is 2.71. The first kappa shape index (κ1) is 18.7. The van der Waals surface area contributed by atoms with E-state index in [2.05, 4.69) is 20.3 Å². The van der Waals surface area contributed by atoms with Gasteiger partial charge in [-0.3, -0.25) is 20.1 Å². The second-order valence-electron chi connectivity index (χ2n) is 5.95. The van der Waals surface area contributed by atoms with Crippen LogP contribution in [0.1, 0.15) is 10.4 Å². The Kier molecular flexibility index (Phi) is 5.26. The predicted octanol–water partition coefficient (Wildman–Crippen LogP) is 4.67. The molecule has 0 unspecified atom stereocenters. The van der Waals surface area contributed by atoms with Crippen molar-refractivity contribution in [3.05, 3.63) is 77.7 Å². The molecule has 29 heavy (non-hydrogen) atoms. The van der Waals surface area contributed by atoms with Crippen LogP contribution in [0.25, 0.3) is 22.6 Å². The minimum absolute atomic E-state index is 0.341. The Morgan fingerprint density at radius 2 is 1.93 bits per heavy atom. The van der Waals surface area contributed by atoms with E-state index in [9.17, 15) is 9.18 Å². The molecule has 144 valence electrons. The molecule has 0 aliphatic carbocycles. The van der Waals surface area contributed by atoms with Gasteiger partial charge in [0.25, 0.3) is 5.91 Å². The number of carbonyl (C=O) groups excluding carboxylic acids is 1. The summed E-state index contributed by atoms with van der Waals surface area (Å²) in [6, 6.07) is 13.6. The number of nitrogens with zero attached hydrogens (tertiary/aromatic N) is 3. The van der Waals surface area contributed by atoms with Crippen LogP contribution in [-0.2, 0) is 0 Å². The van der Waals surface area contributed by atoms with Crippen molar-refractivity contribution in [3.63, 3.8) is 0 Å². The van der Waals surface area contributed by atoms with Gasteiger partial charge in [0.05, 0.1) is 30.3 Å². The van der Waals surface area contributed by atoms with E-state index >= 15 is 0 Å². The monoisotopic (exact) mass is 406 g/mol. The minimum Gasteiger partial charge on any atom is -0.496 e. The molecule has 0 radical (unpaired) electrons. The fourth-order valence-corrected chi connectivity index (χ4v) is 3.48. The quantitative estimate of drug-likeness (QED) is 0.521. The smallest absolute Gasteiger partial charge is 0.259 e. The SMILES string of the molecule is COc1ccccc1-c1ncccc1C(=O)Nc1nc(-c2ccc(F)cn2)cs1. The van der Waals surface area contributed by atoms with Gasteiger partial charge in [-0.2, -0.15) is 0 Å². The van der Waals surface area contributed by atoms with Gasteiger partial charge in [-0.1, -0.05) is 12.1 Å². The lowest BCUT2D eigenvalue weighted by Crippen LogP contribution is -2.13. The lowest BCUT2D eigenvalue weighted by atomic mass is 10.0. The molecule has 6 nitrogen and oxygen atoms in total. The average molecular weight is 406 g/mol. The zero-order valence-corrected chi connectivity index (χ0v) is 16.1. The number of ether oxygens (including phenoxy) is 1. The first-order valence-corrected chi connectivity index (χ1v) is 9.51. The van der Waals surface area contributed by atoms with Crippen molar-refractivity contribution < 1.29 is 13.9 Å². The molecule has 0 saturated heterocycles. The first-order chi connectivity index (χ1) is 14.2. The van der Waals surface area contributed by atoms with Gasteiger partial charge in [0, 0.05) is 17.1 Å². The maximum atomic E-state index is 13.0. The zero-order chi connectivity index (χ0) is 20.2. The van der Waals surface area contributed by atoms with Crippen molar-refractivity contribution >= 4 is 22.4 Å². The highest BCUT2D eigenvalue weighted by atomic mass is 32.1. The fraction of sp³-hybridized carbons (Fsp3) is 0.0476. The van der Waals surface area contributed by atoms with E-state index in [0.29, 0.717) is 33.5 Å². The second kappa shape index (κ2) is 8.15. The Morgan fingerprint density at radius 3 is 2.72 bits per heavy atom. The van der Waals surface area contributed by atoms with Crippen LogP contribution in [-0.4, -0.2) is 28.0 Å². The summed E-state index contributed by atoms with van der Waals surface area (Å²) in [5.74, 6) is -0.135. The molecule has 0 aliphatic heterocycles. The van der Waals surface area contributed by atoms with Crippen molar-refractivity contribution in [2.75, 3.05) is 12.4 Å². The Hall–Kier alpha value is -3.65. The summed E-state index contributed by atoms with van der Waals surface area (Å²) in [5, 5.41) is 4.95. The van der Waals surface area contributed by atoms with E-state index in [4.69, 9.17) is 4.74 Å². The number of hydrogen-bond acceptors (Lipinski definition) is 6. The predicted molar refractivity (Wildman–Crippen MR) is 109 cm³/mol. The third kappa shape index (κ3) is 3.97. The summed E-state index contributed by atoms with van der Waals surface area (Å²) >= 11 is 1.26.